The van der Waals surface area contributed by atoms with Crippen LogP contribution in [0.1, 0.15) is 20.8 Å². The molecular formula is C7H18Cl2NPSi. The Balaban J connectivity index is 4.99. The molecule has 0 aliphatic heterocycles. The maximum atomic E-state index is 6.24. The maximum absolute atomic E-state index is 6.24. The van der Waals surface area contributed by atoms with Crippen molar-refractivity contribution in [3.63, 3.8) is 0 Å². The van der Waals surface area contributed by atoms with Crippen molar-refractivity contribution in [2.24, 2.45) is 4.41 Å². The van der Waals surface area contributed by atoms with Gasteiger partial charge in [-0.25, -0.2) is 0 Å². The molecule has 0 atom stereocenters. The van der Waals surface area contributed by atoms with Gasteiger partial charge in [0.05, 0.1) is 0 Å². The highest BCUT2D eigenvalue weighted by Crippen LogP contribution is 2.70. The molecule has 0 bridgehead atoms. The SMILES string of the molecule is CC(C)(C)P(Cl)(Cl)=N[Si](C)(C)C. The van der Waals surface area contributed by atoms with Crippen LogP contribution in [0.25, 0.3) is 0 Å². The third-order valence-electron chi connectivity index (χ3n) is 1.23. The minimum Gasteiger partial charge on any atom is -0.311 e. The van der Waals surface area contributed by atoms with E-state index in [0.29, 0.717) is 0 Å². The second-order valence-corrected chi connectivity index (χ2v) is 15.8. The highest BCUT2D eigenvalue weighted by atomic mass is 35.9. The van der Waals surface area contributed by atoms with Crippen LogP contribution in [0.4, 0.5) is 0 Å². The lowest BCUT2D eigenvalue weighted by atomic mass is 10.3. The molecule has 5 heteroatoms. The summed E-state index contributed by atoms with van der Waals surface area (Å²) in [7, 11) is -1.49. The molecule has 0 radical (unpaired) electrons. The number of hydrogen-bond donors (Lipinski definition) is 0. The first-order valence-corrected chi connectivity index (χ1v) is 11.0. The summed E-state index contributed by atoms with van der Waals surface area (Å²) < 4.78 is 4.59. The highest BCUT2D eigenvalue weighted by Gasteiger charge is 2.31. The zero-order chi connectivity index (χ0) is 10.2. The summed E-state index contributed by atoms with van der Waals surface area (Å²) in [6, 6.07) is 0. The van der Waals surface area contributed by atoms with Crippen molar-refractivity contribution in [1.29, 1.82) is 0 Å². The van der Waals surface area contributed by atoms with Crippen LogP contribution in [0.3, 0.4) is 0 Å². The van der Waals surface area contributed by atoms with E-state index in [1.165, 1.54) is 0 Å². The van der Waals surface area contributed by atoms with Gasteiger partial charge in [-0.05, 0) is 19.6 Å². The number of hydrogen-bond acceptors (Lipinski definition) is 1. The molecule has 0 heterocycles. The van der Waals surface area contributed by atoms with Crippen LogP contribution < -0.4 is 0 Å². The van der Waals surface area contributed by atoms with E-state index in [-0.39, 0.29) is 5.16 Å². The Morgan fingerprint density at radius 1 is 1.08 bits per heavy atom. The Kier molecular flexibility index (Phi) is 3.96. The lowest BCUT2D eigenvalue weighted by molar-refractivity contribution is 0.793. The topological polar surface area (TPSA) is 12.4 Å². The van der Waals surface area contributed by atoms with Crippen LogP contribution in [0.2, 0.25) is 19.6 Å². The molecule has 0 aromatic heterocycles. The first-order valence-electron chi connectivity index (χ1n) is 3.99. The van der Waals surface area contributed by atoms with Gasteiger partial charge < -0.3 is 4.41 Å². The first-order chi connectivity index (χ1) is 4.96. The minimum atomic E-state index is -2.12. The molecule has 1 nitrogen and oxygen atoms in total. The monoisotopic (exact) mass is 245 g/mol. The smallest absolute Gasteiger partial charge is 0.173 e. The van der Waals surface area contributed by atoms with E-state index in [9.17, 15) is 0 Å². The Morgan fingerprint density at radius 2 is 1.42 bits per heavy atom. The summed E-state index contributed by atoms with van der Waals surface area (Å²) in [6.45, 7) is 12.6. The standard InChI is InChI=1S/C7H18Cl2NPSi/c1-7(2,3)11(8,9)10-12(4,5)6/h1-6H3. The summed E-state index contributed by atoms with van der Waals surface area (Å²) in [5.74, 6) is -2.12. The zero-order valence-corrected chi connectivity index (χ0v) is 12.1. The normalized spacial score (nSPS) is 14.7. The van der Waals surface area contributed by atoms with Crippen molar-refractivity contribution >= 4 is 36.5 Å². The average molecular weight is 246 g/mol. The fourth-order valence-electron chi connectivity index (χ4n) is 0.527. The van der Waals surface area contributed by atoms with E-state index < -0.39 is 14.0 Å². The molecule has 0 amide bonds. The summed E-state index contributed by atoms with van der Waals surface area (Å²) in [5.41, 5.74) is 0. The Hall–Kier alpha value is 1.03. The van der Waals surface area contributed by atoms with Crippen molar-refractivity contribution in [3.8, 4) is 0 Å². The third-order valence-corrected chi connectivity index (χ3v) is 10.7. The van der Waals surface area contributed by atoms with Gasteiger partial charge in [-0.2, -0.15) is 0 Å². The molecule has 0 rings (SSSR count). The van der Waals surface area contributed by atoms with E-state index in [4.69, 9.17) is 22.5 Å². The molecule has 0 unspecified atom stereocenters. The van der Waals surface area contributed by atoms with Crippen LogP contribution in [0.15, 0.2) is 4.41 Å². The Bertz CT molecular complexity index is 208. The number of rotatable bonds is 1. The van der Waals surface area contributed by atoms with Crippen molar-refractivity contribution in [1.82, 2.24) is 0 Å². The summed E-state index contributed by atoms with van der Waals surface area (Å²) >= 11 is 12.5. The predicted molar refractivity (Wildman–Crippen MR) is 64.2 cm³/mol. The summed E-state index contributed by atoms with van der Waals surface area (Å²) in [4.78, 5) is 0. The van der Waals surface area contributed by atoms with Crippen LogP contribution >= 0.6 is 28.2 Å². The van der Waals surface area contributed by atoms with Crippen molar-refractivity contribution in [2.45, 2.75) is 45.6 Å². The Labute approximate surface area is 86.6 Å². The predicted octanol–water partition coefficient (Wildman–Crippen LogP) is 5.13. The van der Waals surface area contributed by atoms with Crippen LogP contribution in [-0.2, 0) is 0 Å². The molecule has 0 aromatic carbocycles. The molecule has 74 valence electrons. The molecule has 0 aliphatic carbocycles. The van der Waals surface area contributed by atoms with Crippen LogP contribution in [0.5, 0.6) is 0 Å². The average Bonchev–Trinajstić information content (AvgIpc) is 1.52. The molecular weight excluding hydrogens is 228 g/mol. The largest absolute Gasteiger partial charge is 0.311 e. The van der Waals surface area contributed by atoms with E-state index in [1.54, 1.807) is 0 Å². The fraction of sp³-hybridized carbons (Fsp3) is 1.00. The Morgan fingerprint density at radius 3 is 1.50 bits per heavy atom. The van der Waals surface area contributed by atoms with Crippen molar-refractivity contribution in [2.75, 3.05) is 0 Å². The summed E-state index contributed by atoms with van der Waals surface area (Å²) in [6.07, 6.45) is 0. The van der Waals surface area contributed by atoms with E-state index in [1.807, 2.05) is 20.8 Å². The lowest BCUT2D eigenvalue weighted by Gasteiger charge is -2.28. The van der Waals surface area contributed by atoms with Crippen LogP contribution in [0, 0.1) is 0 Å². The minimum absolute atomic E-state index is 0.0869. The van der Waals surface area contributed by atoms with E-state index >= 15 is 0 Å². The molecule has 0 N–H and O–H groups in total. The zero-order valence-electron chi connectivity index (χ0n) is 8.65. The molecule has 0 saturated heterocycles. The van der Waals surface area contributed by atoms with Gasteiger partial charge in [0.25, 0.3) is 0 Å². The van der Waals surface area contributed by atoms with Crippen molar-refractivity contribution < 1.29 is 0 Å². The molecule has 0 aromatic rings. The maximum Gasteiger partial charge on any atom is 0.173 e. The van der Waals surface area contributed by atoms with E-state index in [2.05, 4.69) is 24.1 Å². The molecule has 0 fully saturated rings. The summed E-state index contributed by atoms with van der Waals surface area (Å²) in [5, 5.41) is -0.0869. The molecule has 12 heavy (non-hydrogen) atoms. The second-order valence-electron chi connectivity index (χ2n) is 4.93. The number of halogens is 2. The van der Waals surface area contributed by atoms with Crippen LogP contribution in [-0.4, -0.2) is 13.4 Å². The third kappa shape index (κ3) is 4.32. The first kappa shape index (κ1) is 13.0. The second kappa shape index (κ2) is 3.65. The molecule has 0 aliphatic rings. The van der Waals surface area contributed by atoms with Gasteiger partial charge >= 0.3 is 0 Å². The van der Waals surface area contributed by atoms with E-state index in [0.717, 1.165) is 0 Å². The van der Waals surface area contributed by atoms with Crippen molar-refractivity contribution in [3.05, 3.63) is 0 Å². The molecule has 0 spiro atoms. The number of nitrogens with zero attached hydrogens (tertiary/aromatic N) is 1. The highest BCUT2D eigenvalue weighted by molar-refractivity contribution is 8.11. The lowest BCUT2D eigenvalue weighted by Crippen LogP contribution is -2.18. The quantitative estimate of drug-likeness (QED) is 0.449. The molecule has 0 saturated carbocycles. The van der Waals surface area contributed by atoms with Gasteiger partial charge in [-0.1, -0.05) is 43.3 Å². The van der Waals surface area contributed by atoms with Gasteiger partial charge in [-0.15, -0.1) is 0 Å². The van der Waals surface area contributed by atoms with Gasteiger partial charge in [0.1, 0.15) is 5.76 Å². The van der Waals surface area contributed by atoms with Gasteiger partial charge in [0.2, 0.25) is 0 Å². The van der Waals surface area contributed by atoms with Gasteiger partial charge in [0, 0.05) is 5.16 Å². The van der Waals surface area contributed by atoms with Gasteiger partial charge in [-0.3, -0.25) is 0 Å². The fourth-order valence-corrected chi connectivity index (χ4v) is 8.82. The van der Waals surface area contributed by atoms with Gasteiger partial charge in [0.15, 0.2) is 8.24 Å².